The maximum absolute atomic E-state index is 11.8. The molecule has 4 heteroatoms. The van der Waals surface area contributed by atoms with Crippen molar-refractivity contribution in [3.8, 4) is 0 Å². The molecule has 0 aromatic rings. The van der Waals surface area contributed by atoms with E-state index in [4.69, 9.17) is 0 Å². The lowest BCUT2D eigenvalue weighted by Gasteiger charge is -2.32. The smallest absolute Gasteiger partial charge is 0.223 e. The summed E-state index contributed by atoms with van der Waals surface area (Å²) in [4.78, 5) is 16.2. The van der Waals surface area contributed by atoms with Gasteiger partial charge in [-0.25, -0.2) is 0 Å². The number of piperidine rings is 1. The van der Waals surface area contributed by atoms with E-state index in [9.17, 15) is 4.79 Å². The van der Waals surface area contributed by atoms with E-state index in [-0.39, 0.29) is 5.91 Å². The molecule has 1 saturated heterocycles. The van der Waals surface area contributed by atoms with Crippen molar-refractivity contribution in [2.75, 3.05) is 39.8 Å². The number of amides is 1. The number of carbonyl (C=O) groups is 1. The third-order valence-electron chi connectivity index (χ3n) is 4.21. The Balaban J connectivity index is 2.06. The molecular formula is C15H31N3O. The average Bonchev–Trinajstić information content (AvgIpc) is 2.42. The van der Waals surface area contributed by atoms with Gasteiger partial charge in [0.25, 0.3) is 0 Å². The van der Waals surface area contributed by atoms with Crippen LogP contribution < -0.4 is 5.32 Å². The number of nitrogens with zero attached hydrogens (tertiary/aromatic N) is 2. The Morgan fingerprint density at radius 1 is 1.26 bits per heavy atom. The van der Waals surface area contributed by atoms with Crippen LogP contribution in [-0.2, 0) is 4.79 Å². The fourth-order valence-corrected chi connectivity index (χ4v) is 2.83. The zero-order valence-corrected chi connectivity index (χ0v) is 13.0. The molecule has 1 fully saturated rings. The molecule has 0 radical (unpaired) electrons. The van der Waals surface area contributed by atoms with Crippen LogP contribution in [0.5, 0.6) is 0 Å². The lowest BCUT2D eigenvalue weighted by molar-refractivity contribution is -0.130. The molecule has 0 bridgehead atoms. The van der Waals surface area contributed by atoms with Crippen LogP contribution in [-0.4, -0.2) is 61.5 Å². The van der Waals surface area contributed by atoms with Crippen LogP contribution in [0.2, 0.25) is 0 Å². The Kier molecular flexibility index (Phi) is 8.07. The fourth-order valence-electron chi connectivity index (χ4n) is 2.83. The summed E-state index contributed by atoms with van der Waals surface area (Å²) < 4.78 is 0. The number of likely N-dealkylation sites (tertiary alicyclic amines) is 1. The van der Waals surface area contributed by atoms with Gasteiger partial charge in [0.1, 0.15) is 0 Å². The molecule has 1 amide bonds. The summed E-state index contributed by atoms with van der Waals surface area (Å²) in [5, 5.41) is 3.41. The minimum Gasteiger partial charge on any atom is -0.343 e. The van der Waals surface area contributed by atoms with E-state index in [1.807, 2.05) is 18.7 Å². The molecule has 1 aliphatic rings. The first-order valence-corrected chi connectivity index (χ1v) is 7.87. The van der Waals surface area contributed by atoms with Gasteiger partial charge in [-0.05, 0) is 53.2 Å². The quantitative estimate of drug-likeness (QED) is 0.681. The number of hydrogen-bond acceptors (Lipinski definition) is 3. The van der Waals surface area contributed by atoms with Gasteiger partial charge >= 0.3 is 0 Å². The Morgan fingerprint density at radius 2 is 2.00 bits per heavy atom. The maximum atomic E-state index is 11.8. The zero-order valence-electron chi connectivity index (χ0n) is 13.0. The average molecular weight is 269 g/mol. The van der Waals surface area contributed by atoms with E-state index in [0.717, 1.165) is 32.2 Å². The molecule has 0 aromatic heterocycles. The third-order valence-corrected chi connectivity index (χ3v) is 4.21. The minimum atomic E-state index is 0.271. The minimum absolute atomic E-state index is 0.271. The fraction of sp³-hybridized carbons (Fsp3) is 0.933. The Bertz CT molecular complexity index is 254. The van der Waals surface area contributed by atoms with Crippen LogP contribution >= 0.6 is 0 Å². The normalized spacial score (nSPS) is 20.5. The van der Waals surface area contributed by atoms with Crippen LogP contribution in [0.25, 0.3) is 0 Å². The second kappa shape index (κ2) is 9.32. The number of carbonyl (C=O) groups excluding carboxylic acids is 1. The van der Waals surface area contributed by atoms with Crippen molar-refractivity contribution in [2.45, 2.75) is 52.0 Å². The summed E-state index contributed by atoms with van der Waals surface area (Å²) in [6.45, 7) is 8.79. The summed E-state index contributed by atoms with van der Waals surface area (Å²) in [5.74, 6) is 0.271. The Labute approximate surface area is 118 Å². The Morgan fingerprint density at radius 3 is 2.63 bits per heavy atom. The van der Waals surface area contributed by atoms with Gasteiger partial charge in [0.05, 0.1) is 0 Å². The summed E-state index contributed by atoms with van der Waals surface area (Å²) in [6, 6.07) is 0.736. The molecule has 1 atom stereocenters. The van der Waals surface area contributed by atoms with E-state index in [2.05, 4.69) is 17.3 Å². The van der Waals surface area contributed by atoms with E-state index in [1.165, 1.54) is 32.2 Å². The van der Waals surface area contributed by atoms with Gasteiger partial charge in [-0.15, -0.1) is 0 Å². The van der Waals surface area contributed by atoms with Crippen molar-refractivity contribution in [2.24, 2.45) is 0 Å². The molecule has 4 nitrogen and oxygen atoms in total. The number of nitrogens with one attached hydrogen (secondary N) is 1. The van der Waals surface area contributed by atoms with Crippen LogP contribution in [0.4, 0.5) is 0 Å². The maximum Gasteiger partial charge on any atom is 0.223 e. The highest BCUT2D eigenvalue weighted by Gasteiger charge is 2.17. The third kappa shape index (κ3) is 5.91. The molecule has 19 heavy (non-hydrogen) atoms. The molecule has 1 heterocycles. The van der Waals surface area contributed by atoms with E-state index < -0.39 is 0 Å². The lowest BCUT2D eigenvalue weighted by atomic mass is 10.0. The van der Waals surface area contributed by atoms with Gasteiger partial charge in [-0.1, -0.05) is 6.42 Å². The second-order valence-electron chi connectivity index (χ2n) is 5.48. The van der Waals surface area contributed by atoms with Crippen molar-refractivity contribution < 1.29 is 4.79 Å². The molecule has 0 saturated carbocycles. The highest BCUT2D eigenvalue weighted by atomic mass is 16.2. The number of hydrogen-bond donors (Lipinski definition) is 1. The highest BCUT2D eigenvalue weighted by molar-refractivity contribution is 5.76. The van der Waals surface area contributed by atoms with Gasteiger partial charge in [0, 0.05) is 32.1 Å². The van der Waals surface area contributed by atoms with Crippen molar-refractivity contribution in [1.82, 2.24) is 15.1 Å². The molecule has 1 N–H and O–H groups in total. The van der Waals surface area contributed by atoms with Gasteiger partial charge in [-0.3, -0.25) is 4.79 Å². The molecule has 112 valence electrons. The van der Waals surface area contributed by atoms with Gasteiger partial charge in [0.15, 0.2) is 0 Å². The van der Waals surface area contributed by atoms with Gasteiger partial charge in [0.2, 0.25) is 5.91 Å². The van der Waals surface area contributed by atoms with Crippen molar-refractivity contribution in [1.29, 1.82) is 0 Å². The topological polar surface area (TPSA) is 35.6 Å². The zero-order chi connectivity index (χ0) is 14.1. The van der Waals surface area contributed by atoms with Crippen LogP contribution in [0.3, 0.4) is 0 Å². The first-order chi connectivity index (χ1) is 9.19. The van der Waals surface area contributed by atoms with Crippen LogP contribution in [0, 0.1) is 0 Å². The van der Waals surface area contributed by atoms with E-state index in [1.54, 1.807) is 0 Å². The van der Waals surface area contributed by atoms with Gasteiger partial charge in [-0.2, -0.15) is 0 Å². The second-order valence-corrected chi connectivity index (χ2v) is 5.48. The van der Waals surface area contributed by atoms with E-state index in [0.29, 0.717) is 6.42 Å². The predicted octanol–water partition coefficient (Wildman–Crippen LogP) is 1.71. The van der Waals surface area contributed by atoms with Crippen molar-refractivity contribution in [3.05, 3.63) is 0 Å². The predicted molar refractivity (Wildman–Crippen MR) is 80.3 cm³/mol. The standard InChI is InChI=1S/C15H31N3O/c1-4-18(5-2)15(19)10-12-16-11-9-14-8-6-7-13-17(14)3/h14,16H,4-13H2,1-3H3. The molecule has 1 unspecified atom stereocenters. The monoisotopic (exact) mass is 269 g/mol. The number of rotatable bonds is 8. The summed E-state index contributed by atoms with van der Waals surface area (Å²) in [5.41, 5.74) is 0. The first kappa shape index (κ1) is 16.4. The Hall–Kier alpha value is -0.610. The van der Waals surface area contributed by atoms with Crippen LogP contribution in [0.15, 0.2) is 0 Å². The molecular weight excluding hydrogens is 238 g/mol. The first-order valence-electron chi connectivity index (χ1n) is 7.87. The SMILES string of the molecule is CCN(CC)C(=O)CCNCCC1CCCCN1C. The molecule has 0 aromatic carbocycles. The highest BCUT2D eigenvalue weighted by Crippen LogP contribution is 2.16. The van der Waals surface area contributed by atoms with Crippen molar-refractivity contribution in [3.63, 3.8) is 0 Å². The summed E-state index contributed by atoms with van der Waals surface area (Å²) in [7, 11) is 2.23. The van der Waals surface area contributed by atoms with Crippen molar-refractivity contribution >= 4 is 5.91 Å². The van der Waals surface area contributed by atoms with E-state index >= 15 is 0 Å². The molecule has 1 rings (SSSR count). The molecule has 0 aliphatic carbocycles. The van der Waals surface area contributed by atoms with Crippen LogP contribution in [0.1, 0.15) is 46.0 Å². The lowest BCUT2D eigenvalue weighted by Crippen LogP contribution is -2.38. The summed E-state index contributed by atoms with van der Waals surface area (Å²) in [6.07, 6.45) is 5.88. The molecule has 0 spiro atoms. The van der Waals surface area contributed by atoms with Gasteiger partial charge < -0.3 is 15.1 Å². The molecule has 1 aliphatic heterocycles. The summed E-state index contributed by atoms with van der Waals surface area (Å²) >= 11 is 0. The largest absolute Gasteiger partial charge is 0.343 e.